The van der Waals surface area contributed by atoms with Crippen molar-refractivity contribution in [1.29, 1.82) is 0 Å². The zero-order valence-corrected chi connectivity index (χ0v) is 4.83. The SMILES string of the molecule is NC(=O)/C=C/CC(N)=O. The van der Waals surface area contributed by atoms with E-state index < -0.39 is 11.8 Å². The summed E-state index contributed by atoms with van der Waals surface area (Å²) in [6, 6.07) is 0. The first-order valence-corrected chi connectivity index (χ1v) is 2.37. The summed E-state index contributed by atoms with van der Waals surface area (Å²) in [5, 5.41) is 0. The third kappa shape index (κ3) is 6.68. The summed E-state index contributed by atoms with van der Waals surface area (Å²) in [6.07, 6.45) is 2.48. The van der Waals surface area contributed by atoms with Gasteiger partial charge in [-0.2, -0.15) is 0 Å². The van der Waals surface area contributed by atoms with Crippen LogP contribution in [0.5, 0.6) is 0 Å². The third-order valence-corrected chi connectivity index (χ3v) is 0.601. The number of nitrogens with two attached hydrogens (primary N) is 2. The molecule has 0 saturated heterocycles. The smallest absolute Gasteiger partial charge is 0.241 e. The second-order valence-corrected chi connectivity index (χ2v) is 1.48. The van der Waals surface area contributed by atoms with Crippen molar-refractivity contribution in [2.24, 2.45) is 11.5 Å². The van der Waals surface area contributed by atoms with Gasteiger partial charge in [-0.25, -0.2) is 0 Å². The Hall–Kier alpha value is -1.32. The maximum absolute atomic E-state index is 10.00. The van der Waals surface area contributed by atoms with Crippen LogP contribution in [0, 0.1) is 0 Å². The fraction of sp³-hybridized carbons (Fsp3) is 0.200. The first-order valence-electron chi connectivity index (χ1n) is 2.37. The van der Waals surface area contributed by atoms with Crippen LogP contribution in [0.4, 0.5) is 0 Å². The predicted octanol–water partition coefficient (Wildman–Crippen LogP) is -1.10. The second kappa shape index (κ2) is 3.65. The molecule has 4 nitrogen and oxygen atoms in total. The molecule has 0 aromatic carbocycles. The van der Waals surface area contributed by atoms with Crippen molar-refractivity contribution in [3.63, 3.8) is 0 Å². The van der Waals surface area contributed by atoms with Crippen LogP contribution in [0.1, 0.15) is 6.42 Å². The van der Waals surface area contributed by atoms with E-state index >= 15 is 0 Å². The van der Waals surface area contributed by atoms with Gasteiger partial charge in [-0.15, -0.1) is 0 Å². The third-order valence-electron chi connectivity index (χ3n) is 0.601. The van der Waals surface area contributed by atoms with Gasteiger partial charge in [0, 0.05) is 6.42 Å². The van der Waals surface area contributed by atoms with E-state index in [-0.39, 0.29) is 6.42 Å². The number of carbonyl (C=O) groups excluding carboxylic acids is 2. The quantitative estimate of drug-likeness (QED) is 0.473. The molecule has 0 radical (unpaired) electrons. The molecule has 4 N–H and O–H groups in total. The highest BCUT2D eigenvalue weighted by atomic mass is 16.1. The minimum Gasteiger partial charge on any atom is -0.369 e. The molecular weight excluding hydrogens is 120 g/mol. The minimum absolute atomic E-state index is 0.0585. The molecule has 4 heteroatoms. The van der Waals surface area contributed by atoms with Crippen LogP contribution in [0.2, 0.25) is 0 Å². The van der Waals surface area contributed by atoms with Crippen LogP contribution < -0.4 is 11.5 Å². The standard InChI is InChI=1S/C5H8N2O2/c6-4(8)2-1-3-5(7)9/h1-2H,3H2,(H2,6,8)(H2,7,9)/b2-1+. The molecule has 0 saturated carbocycles. The van der Waals surface area contributed by atoms with Crippen molar-refractivity contribution in [2.45, 2.75) is 6.42 Å². The van der Waals surface area contributed by atoms with E-state index in [1.165, 1.54) is 6.08 Å². The van der Waals surface area contributed by atoms with Crippen LogP contribution >= 0.6 is 0 Å². The molecule has 0 aromatic heterocycles. The Morgan fingerprint density at radius 2 is 1.89 bits per heavy atom. The highest BCUT2D eigenvalue weighted by molar-refractivity contribution is 5.86. The summed E-state index contributed by atoms with van der Waals surface area (Å²) in [4.78, 5) is 20.0. The van der Waals surface area contributed by atoms with Crippen LogP contribution in [-0.2, 0) is 9.59 Å². The molecule has 0 spiro atoms. The van der Waals surface area contributed by atoms with Gasteiger partial charge in [0.25, 0.3) is 0 Å². The van der Waals surface area contributed by atoms with Gasteiger partial charge < -0.3 is 11.5 Å². The molecule has 0 aromatic rings. The molecule has 0 aliphatic rings. The highest BCUT2D eigenvalue weighted by Crippen LogP contribution is 1.78. The molecule has 0 aliphatic heterocycles. The summed E-state index contributed by atoms with van der Waals surface area (Å²) in [7, 11) is 0. The van der Waals surface area contributed by atoms with E-state index in [0.717, 1.165) is 6.08 Å². The molecule has 50 valence electrons. The predicted molar refractivity (Wildman–Crippen MR) is 32.1 cm³/mol. The van der Waals surface area contributed by atoms with Crippen molar-refractivity contribution in [3.8, 4) is 0 Å². The average molecular weight is 128 g/mol. The lowest BCUT2D eigenvalue weighted by molar-refractivity contribution is -0.117. The van der Waals surface area contributed by atoms with Gasteiger partial charge in [0.1, 0.15) is 0 Å². The van der Waals surface area contributed by atoms with E-state index in [4.69, 9.17) is 11.5 Å². The Labute approximate surface area is 52.5 Å². The highest BCUT2D eigenvalue weighted by Gasteiger charge is 1.86. The Balaban J connectivity index is 3.48. The Kier molecular flexibility index (Phi) is 3.12. The van der Waals surface area contributed by atoms with Crippen LogP contribution in [0.3, 0.4) is 0 Å². The largest absolute Gasteiger partial charge is 0.369 e. The molecule has 0 heterocycles. The minimum atomic E-state index is -0.573. The molecule has 0 fully saturated rings. The van der Waals surface area contributed by atoms with Crippen molar-refractivity contribution < 1.29 is 9.59 Å². The van der Waals surface area contributed by atoms with Crippen LogP contribution in [-0.4, -0.2) is 11.8 Å². The first kappa shape index (κ1) is 7.68. The Morgan fingerprint density at radius 3 is 2.22 bits per heavy atom. The van der Waals surface area contributed by atoms with Gasteiger partial charge in [0.05, 0.1) is 0 Å². The lowest BCUT2D eigenvalue weighted by atomic mass is 10.3. The fourth-order valence-electron chi connectivity index (χ4n) is 0.291. The fourth-order valence-corrected chi connectivity index (χ4v) is 0.291. The zero-order chi connectivity index (χ0) is 7.28. The Bertz CT molecular complexity index is 151. The van der Waals surface area contributed by atoms with Crippen molar-refractivity contribution in [3.05, 3.63) is 12.2 Å². The van der Waals surface area contributed by atoms with E-state index in [1.54, 1.807) is 0 Å². The molecule has 0 bridgehead atoms. The number of amides is 2. The van der Waals surface area contributed by atoms with E-state index in [1.807, 2.05) is 0 Å². The summed E-state index contributed by atoms with van der Waals surface area (Å²) >= 11 is 0. The van der Waals surface area contributed by atoms with Crippen molar-refractivity contribution >= 4 is 11.8 Å². The summed E-state index contributed by atoms with van der Waals surface area (Å²) < 4.78 is 0. The summed E-state index contributed by atoms with van der Waals surface area (Å²) in [5.74, 6) is -1.05. The Morgan fingerprint density at radius 1 is 1.33 bits per heavy atom. The van der Waals surface area contributed by atoms with Gasteiger partial charge in [-0.05, 0) is 6.08 Å². The summed E-state index contributed by atoms with van der Waals surface area (Å²) in [5.41, 5.74) is 9.44. The molecule has 9 heavy (non-hydrogen) atoms. The van der Waals surface area contributed by atoms with E-state index in [2.05, 4.69) is 0 Å². The monoisotopic (exact) mass is 128 g/mol. The van der Waals surface area contributed by atoms with Gasteiger partial charge in [0.2, 0.25) is 11.8 Å². The summed E-state index contributed by atoms with van der Waals surface area (Å²) in [6.45, 7) is 0. The number of hydrogen-bond donors (Lipinski definition) is 2. The van der Waals surface area contributed by atoms with Crippen molar-refractivity contribution in [1.82, 2.24) is 0 Å². The number of primary amides is 2. The maximum atomic E-state index is 10.00. The van der Waals surface area contributed by atoms with Crippen LogP contribution in [0.25, 0.3) is 0 Å². The molecular formula is C5H8N2O2. The lowest BCUT2D eigenvalue weighted by Gasteiger charge is -1.81. The maximum Gasteiger partial charge on any atom is 0.241 e. The molecule has 0 aliphatic carbocycles. The van der Waals surface area contributed by atoms with E-state index in [9.17, 15) is 9.59 Å². The number of carbonyl (C=O) groups is 2. The van der Waals surface area contributed by atoms with Gasteiger partial charge in [-0.1, -0.05) is 6.08 Å². The zero-order valence-electron chi connectivity index (χ0n) is 4.83. The van der Waals surface area contributed by atoms with E-state index in [0.29, 0.717) is 0 Å². The van der Waals surface area contributed by atoms with Gasteiger partial charge in [-0.3, -0.25) is 9.59 Å². The van der Waals surface area contributed by atoms with Gasteiger partial charge in [0.15, 0.2) is 0 Å². The number of hydrogen-bond acceptors (Lipinski definition) is 2. The molecule has 0 rings (SSSR count). The molecule has 0 unspecified atom stereocenters. The van der Waals surface area contributed by atoms with Gasteiger partial charge >= 0.3 is 0 Å². The first-order chi connectivity index (χ1) is 4.13. The van der Waals surface area contributed by atoms with Crippen LogP contribution in [0.15, 0.2) is 12.2 Å². The average Bonchev–Trinajstić information content (AvgIpc) is 1.63. The van der Waals surface area contributed by atoms with Crippen molar-refractivity contribution in [2.75, 3.05) is 0 Å². The number of rotatable bonds is 3. The molecule has 0 atom stereocenters. The lowest BCUT2D eigenvalue weighted by Crippen LogP contribution is -2.10. The topological polar surface area (TPSA) is 86.2 Å². The normalized spacial score (nSPS) is 9.78. The molecule has 2 amide bonds. The second-order valence-electron chi connectivity index (χ2n) is 1.48.